The second-order valence-electron chi connectivity index (χ2n) is 7.61. The van der Waals surface area contributed by atoms with E-state index in [1.807, 2.05) is 35.2 Å². The fourth-order valence-corrected chi connectivity index (χ4v) is 3.82. The van der Waals surface area contributed by atoms with E-state index in [0.29, 0.717) is 24.4 Å². The van der Waals surface area contributed by atoms with Crippen LogP contribution in [-0.4, -0.2) is 54.3 Å². The highest BCUT2D eigenvalue weighted by atomic mass is 16.5. The molecular formula is C24H26N4O2. The maximum Gasteiger partial charge on any atom is 0.254 e. The number of rotatable bonds is 4. The Kier molecular flexibility index (Phi) is 5.65. The lowest BCUT2D eigenvalue weighted by Gasteiger charge is -2.35. The van der Waals surface area contributed by atoms with Crippen LogP contribution >= 0.6 is 0 Å². The van der Waals surface area contributed by atoms with Crippen LogP contribution in [0.25, 0.3) is 11.3 Å². The van der Waals surface area contributed by atoms with Gasteiger partial charge < -0.3 is 14.5 Å². The van der Waals surface area contributed by atoms with E-state index in [4.69, 9.17) is 4.74 Å². The summed E-state index contributed by atoms with van der Waals surface area (Å²) in [5.41, 5.74) is 5.07. The molecule has 1 amide bonds. The van der Waals surface area contributed by atoms with Crippen LogP contribution in [0, 0.1) is 13.8 Å². The second kappa shape index (κ2) is 8.53. The first-order valence-corrected chi connectivity index (χ1v) is 10.1. The maximum absolute atomic E-state index is 12.8. The smallest absolute Gasteiger partial charge is 0.254 e. The molecule has 0 spiro atoms. The van der Waals surface area contributed by atoms with Gasteiger partial charge in [0.15, 0.2) is 5.82 Å². The molecule has 154 valence electrons. The van der Waals surface area contributed by atoms with E-state index in [2.05, 4.69) is 47.1 Å². The van der Waals surface area contributed by atoms with Crippen LogP contribution in [0.15, 0.2) is 54.6 Å². The Morgan fingerprint density at radius 3 is 2.40 bits per heavy atom. The van der Waals surface area contributed by atoms with Gasteiger partial charge in [0.25, 0.3) is 5.91 Å². The molecule has 0 saturated carbocycles. The highest BCUT2D eigenvalue weighted by molar-refractivity contribution is 5.94. The number of hydrogen-bond donors (Lipinski definition) is 0. The first-order chi connectivity index (χ1) is 14.5. The highest BCUT2D eigenvalue weighted by Gasteiger charge is 2.23. The van der Waals surface area contributed by atoms with Gasteiger partial charge in [0.2, 0.25) is 0 Å². The van der Waals surface area contributed by atoms with Crippen LogP contribution in [0.1, 0.15) is 21.5 Å². The number of amides is 1. The van der Waals surface area contributed by atoms with E-state index >= 15 is 0 Å². The zero-order valence-corrected chi connectivity index (χ0v) is 17.6. The lowest BCUT2D eigenvalue weighted by molar-refractivity contribution is 0.0746. The molecule has 0 bridgehead atoms. The first-order valence-electron chi connectivity index (χ1n) is 10.1. The third-order valence-corrected chi connectivity index (χ3v) is 5.52. The van der Waals surface area contributed by atoms with Crippen molar-refractivity contribution >= 4 is 11.7 Å². The topological polar surface area (TPSA) is 58.6 Å². The lowest BCUT2D eigenvalue weighted by Crippen LogP contribution is -2.49. The number of methoxy groups -OCH3 is 1. The van der Waals surface area contributed by atoms with Crippen molar-refractivity contribution in [3.05, 3.63) is 71.3 Å². The molecule has 2 heterocycles. The van der Waals surface area contributed by atoms with Gasteiger partial charge in [0, 0.05) is 37.3 Å². The molecule has 1 aliphatic heterocycles. The number of aromatic nitrogens is 2. The number of aryl methyl sites for hydroxylation is 2. The molecule has 0 N–H and O–H groups in total. The number of hydrogen-bond acceptors (Lipinski definition) is 5. The molecule has 1 fully saturated rings. The number of piperazine rings is 1. The summed E-state index contributed by atoms with van der Waals surface area (Å²) in [5.74, 6) is 1.57. The monoisotopic (exact) mass is 402 g/mol. The van der Waals surface area contributed by atoms with Gasteiger partial charge in [-0.3, -0.25) is 4.79 Å². The number of benzene rings is 2. The van der Waals surface area contributed by atoms with E-state index in [-0.39, 0.29) is 5.91 Å². The van der Waals surface area contributed by atoms with Gasteiger partial charge >= 0.3 is 0 Å². The van der Waals surface area contributed by atoms with E-state index in [0.717, 1.165) is 30.2 Å². The van der Waals surface area contributed by atoms with E-state index in [9.17, 15) is 4.79 Å². The molecule has 1 aliphatic rings. The number of carbonyl (C=O) groups is 1. The van der Waals surface area contributed by atoms with Crippen molar-refractivity contribution in [3.63, 3.8) is 0 Å². The van der Waals surface area contributed by atoms with Gasteiger partial charge in [-0.15, -0.1) is 10.2 Å². The molecule has 30 heavy (non-hydrogen) atoms. The van der Waals surface area contributed by atoms with Crippen LogP contribution < -0.4 is 9.64 Å². The molecule has 1 saturated heterocycles. The van der Waals surface area contributed by atoms with Crippen LogP contribution in [0.3, 0.4) is 0 Å². The predicted molar refractivity (Wildman–Crippen MR) is 118 cm³/mol. The number of nitrogens with zero attached hydrogens (tertiary/aromatic N) is 4. The van der Waals surface area contributed by atoms with Crippen molar-refractivity contribution in [3.8, 4) is 17.0 Å². The normalized spacial score (nSPS) is 14.0. The summed E-state index contributed by atoms with van der Waals surface area (Å²) in [6, 6.07) is 17.7. The highest BCUT2D eigenvalue weighted by Crippen LogP contribution is 2.24. The summed E-state index contributed by atoms with van der Waals surface area (Å²) in [6.07, 6.45) is 0. The van der Waals surface area contributed by atoms with Gasteiger partial charge in [0.05, 0.1) is 12.8 Å². The molecule has 0 unspecified atom stereocenters. The first kappa shape index (κ1) is 19.9. The Morgan fingerprint density at radius 2 is 1.73 bits per heavy atom. The number of carbonyl (C=O) groups excluding carboxylic acids is 1. The summed E-state index contributed by atoms with van der Waals surface area (Å²) in [6.45, 7) is 6.94. The van der Waals surface area contributed by atoms with Crippen LogP contribution in [-0.2, 0) is 0 Å². The molecule has 0 atom stereocenters. The average molecular weight is 402 g/mol. The molecule has 1 aromatic heterocycles. The van der Waals surface area contributed by atoms with Crippen molar-refractivity contribution in [1.82, 2.24) is 15.1 Å². The fourth-order valence-electron chi connectivity index (χ4n) is 3.82. The minimum atomic E-state index is 0.0322. The van der Waals surface area contributed by atoms with Gasteiger partial charge in [0.1, 0.15) is 5.75 Å². The Labute approximate surface area is 177 Å². The second-order valence-corrected chi connectivity index (χ2v) is 7.61. The van der Waals surface area contributed by atoms with Crippen molar-refractivity contribution in [2.75, 3.05) is 38.2 Å². The third-order valence-electron chi connectivity index (χ3n) is 5.52. The zero-order chi connectivity index (χ0) is 21.1. The van der Waals surface area contributed by atoms with Gasteiger partial charge in [-0.25, -0.2) is 0 Å². The maximum atomic E-state index is 12.8. The van der Waals surface area contributed by atoms with Gasteiger partial charge in [-0.2, -0.15) is 0 Å². The standard InChI is InChI=1S/C24H26N4O2/c1-17-7-8-21(18(2)15-17)22-9-10-23(26-25-22)27-11-13-28(14-12-27)24(29)19-5-4-6-20(16-19)30-3/h4-10,15-16H,11-14H2,1-3H3. The molecule has 3 aromatic rings. The van der Waals surface area contributed by atoms with Gasteiger partial charge in [-0.1, -0.05) is 29.8 Å². The number of ether oxygens (including phenoxy) is 1. The SMILES string of the molecule is COc1cccc(C(=O)N2CCN(c3ccc(-c4ccc(C)cc4C)nn3)CC2)c1. The van der Waals surface area contributed by atoms with Crippen molar-refractivity contribution in [2.24, 2.45) is 0 Å². The molecule has 0 radical (unpaired) electrons. The Balaban J connectivity index is 1.41. The van der Waals surface area contributed by atoms with Crippen LogP contribution in [0.4, 0.5) is 5.82 Å². The van der Waals surface area contributed by atoms with Crippen molar-refractivity contribution in [2.45, 2.75) is 13.8 Å². The quantitative estimate of drug-likeness (QED) is 0.666. The Bertz CT molecular complexity index is 1040. The predicted octanol–water partition coefficient (Wildman–Crippen LogP) is 3.73. The lowest BCUT2D eigenvalue weighted by atomic mass is 10.0. The number of anilines is 1. The van der Waals surface area contributed by atoms with Crippen LogP contribution in [0.2, 0.25) is 0 Å². The summed E-state index contributed by atoms with van der Waals surface area (Å²) >= 11 is 0. The molecular weight excluding hydrogens is 376 g/mol. The van der Waals surface area contributed by atoms with Crippen molar-refractivity contribution < 1.29 is 9.53 Å². The molecule has 4 rings (SSSR count). The molecule has 2 aromatic carbocycles. The molecule has 6 nitrogen and oxygen atoms in total. The van der Waals surface area contributed by atoms with Gasteiger partial charge in [-0.05, 0) is 49.7 Å². The zero-order valence-electron chi connectivity index (χ0n) is 17.6. The summed E-state index contributed by atoms with van der Waals surface area (Å²) in [5, 5.41) is 8.90. The minimum absolute atomic E-state index is 0.0322. The average Bonchev–Trinajstić information content (AvgIpc) is 2.79. The summed E-state index contributed by atoms with van der Waals surface area (Å²) < 4.78 is 5.23. The third kappa shape index (κ3) is 4.13. The van der Waals surface area contributed by atoms with Crippen LogP contribution in [0.5, 0.6) is 5.75 Å². The van der Waals surface area contributed by atoms with Crippen molar-refractivity contribution in [1.29, 1.82) is 0 Å². The van der Waals surface area contributed by atoms with E-state index in [1.54, 1.807) is 13.2 Å². The fraction of sp³-hybridized carbons (Fsp3) is 0.292. The largest absolute Gasteiger partial charge is 0.497 e. The van der Waals surface area contributed by atoms with E-state index in [1.165, 1.54) is 11.1 Å². The summed E-state index contributed by atoms with van der Waals surface area (Å²) in [7, 11) is 1.61. The minimum Gasteiger partial charge on any atom is -0.497 e. The van der Waals surface area contributed by atoms with E-state index < -0.39 is 0 Å². The molecule has 0 aliphatic carbocycles. The summed E-state index contributed by atoms with van der Waals surface area (Å²) in [4.78, 5) is 16.8. The Morgan fingerprint density at radius 1 is 0.933 bits per heavy atom. The molecule has 6 heteroatoms. The Hall–Kier alpha value is -3.41.